The van der Waals surface area contributed by atoms with E-state index < -0.39 is 9.84 Å². The fraction of sp³-hybridized carbons (Fsp3) is 0.500. The van der Waals surface area contributed by atoms with E-state index in [1.54, 1.807) is 0 Å². The lowest BCUT2D eigenvalue weighted by Gasteiger charge is -2.22. The van der Waals surface area contributed by atoms with Crippen LogP contribution < -0.4 is 4.74 Å². The molecule has 1 unspecified atom stereocenters. The molecule has 1 fully saturated rings. The highest BCUT2D eigenvalue weighted by atomic mass is 32.2. The Hall–Kier alpha value is -1.56. The summed E-state index contributed by atoms with van der Waals surface area (Å²) < 4.78 is 28.9. The first-order valence-corrected chi connectivity index (χ1v) is 8.61. The van der Waals surface area contributed by atoms with Gasteiger partial charge in [-0.25, -0.2) is 8.42 Å². The minimum Gasteiger partial charge on any atom is -0.489 e. The van der Waals surface area contributed by atoms with Crippen LogP contribution in [0.4, 0.5) is 0 Å². The average molecular weight is 295 g/mol. The van der Waals surface area contributed by atoms with Crippen molar-refractivity contribution < 1.29 is 18.4 Å². The van der Waals surface area contributed by atoms with E-state index >= 15 is 0 Å². The summed E-state index contributed by atoms with van der Waals surface area (Å²) in [6.45, 7) is 0. The van der Waals surface area contributed by atoms with Crippen LogP contribution in [0.15, 0.2) is 23.4 Å². The molecule has 1 aliphatic carbocycles. The Kier molecular flexibility index (Phi) is 3.41. The van der Waals surface area contributed by atoms with E-state index in [9.17, 15) is 8.42 Å². The number of ether oxygens (including phenoxy) is 1. The van der Waals surface area contributed by atoms with Gasteiger partial charge >= 0.3 is 0 Å². The normalized spacial score (nSPS) is 26.4. The zero-order chi connectivity index (χ0) is 14.2. The second-order valence-corrected chi connectivity index (χ2v) is 7.55. The summed E-state index contributed by atoms with van der Waals surface area (Å²) in [5.74, 6) is 1.03. The maximum absolute atomic E-state index is 11.5. The van der Waals surface area contributed by atoms with Crippen LogP contribution in [-0.2, 0) is 16.3 Å². The summed E-state index contributed by atoms with van der Waals surface area (Å²) in [5.41, 5.74) is 2.61. The van der Waals surface area contributed by atoms with Gasteiger partial charge in [-0.3, -0.25) is 0 Å². The van der Waals surface area contributed by atoms with Crippen LogP contribution >= 0.6 is 0 Å². The van der Waals surface area contributed by atoms with Crippen LogP contribution in [0.5, 0.6) is 5.75 Å². The minimum absolute atomic E-state index is 0.0949. The van der Waals surface area contributed by atoms with Gasteiger partial charge in [0.25, 0.3) is 0 Å². The standard InChI is InChI=1S/C14H17NO4S/c16-15-13-5-1-4-12-11(13)3-2-6-14(12)19-10-7-8-20(17,18)9-10/h2-3,6,10,16H,1,4-5,7-9H2. The first kappa shape index (κ1) is 13.4. The molecule has 0 spiro atoms. The molecule has 0 amide bonds. The largest absolute Gasteiger partial charge is 0.489 e. The van der Waals surface area contributed by atoms with Crippen molar-refractivity contribution in [1.82, 2.24) is 0 Å². The second kappa shape index (κ2) is 5.09. The number of fused-ring (bicyclic) bond motifs is 1. The molecule has 0 saturated carbocycles. The number of nitrogens with zero attached hydrogens (tertiary/aromatic N) is 1. The lowest BCUT2D eigenvalue weighted by Crippen LogP contribution is -2.20. The molecule has 1 saturated heterocycles. The number of sulfone groups is 1. The van der Waals surface area contributed by atoms with Gasteiger partial charge in [0, 0.05) is 11.1 Å². The highest BCUT2D eigenvalue weighted by Gasteiger charge is 2.30. The van der Waals surface area contributed by atoms with Crippen molar-refractivity contribution in [2.45, 2.75) is 31.8 Å². The maximum Gasteiger partial charge on any atom is 0.154 e. The van der Waals surface area contributed by atoms with Gasteiger partial charge in [-0.1, -0.05) is 17.3 Å². The molecule has 0 bridgehead atoms. The van der Waals surface area contributed by atoms with Crippen molar-refractivity contribution in [3.63, 3.8) is 0 Å². The number of hydrogen-bond acceptors (Lipinski definition) is 5. The molecule has 5 nitrogen and oxygen atoms in total. The lowest BCUT2D eigenvalue weighted by molar-refractivity contribution is 0.226. The minimum atomic E-state index is -2.94. The van der Waals surface area contributed by atoms with E-state index in [0.29, 0.717) is 12.1 Å². The Balaban J connectivity index is 1.88. The van der Waals surface area contributed by atoms with Gasteiger partial charge in [-0.2, -0.15) is 0 Å². The molecule has 0 radical (unpaired) electrons. The zero-order valence-corrected chi connectivity index (χ0v) is 11.9. The Morgan fingerprint density at radius 2 is 2.15 bits per heavy atom. The first-order chi connectivity index (χ1) is 9.59. The van der Waals surface area contributed by atoms with Gasteiger partial charge in [-0.05, 0) is 31.7 Å². The fourth-order valence-corrected chi connectivity index (χ4v) is 4.50. The Morgan fingerprint density at radius 3 is 2.85 bits per heavy atom. The summed E-state index contributed by atoms with van der Waals surface area (Å²) in [6.07, 6.45) is 2.82. The first-order valence-electron chi connectivity index (χ1n) is 6.79. The van der Waals surface area contributed by atoms with Crippen LogP contribution in [0.25, 0.3) is 0 Å². The molecule has 2 aliphatic rings. The molecule has 0 aromatic heterocycles. The third-order valence-corrected chi connectivity index (χ3v) is 5.63. The topological polar surface area (TPSA) is 76.0 Å². The summed E-state index contributed by atoms with van der Waals surface area (Å²) in [4.78, 5) is 0. The highest BCUT2D eigenvalue weighted by molar-refractivity contribution is 7.91. The molecule has 6 heteroatoms. The lowest BCUT2D eigenvalue weighted by atomic mass is 9.89. The maximum atomic E-state index is 11.5. The summed E-state index contributed by atoms with van der Waals surface area (Å²) >= 11 is 0. The SMILES string of the molecule is O=S1(=O)CCC(Oc2cccc3c2CCCC3=NO)C1. The van der Waals surface area contributed by atoms with E-state index in [2.05, 4.69) is 5.16 Å². The fourth-order valence-electron chi connectivity index (χ4n) is 2.91. The smallest absolute Gasteiger partial charge is 0.154 e. The molecular formula is C14H17NO4S. The predicted molar refractivity (Wildman–Crippen MR) is 75.4 cm³/mol. The van der Waals surface area contributed by atoms with Gasteiger partial charge in [-0.15, -0.1) is 0 Å². The molecule has 1 aromatic carbocycles. The van der Waals surface area contributed by atoms with Crippen molar-refractivity contribution in [2.75, 3.05) is 11.5 Å². The molecule has 1 atom stereocenters. The Labute approximate surface area is 118 Å². The predicted octanol–water partition coefficient (Wildman–Crippen LogP) is 1.77. The van der Waals surface area contributed by atoms with Gasteiger partial charge in [0.15, 0.2) is 9.84 Å². The van der Waals surface area contributed by atoms with E-state index in [4.69, 9.17) is 9.94 Å². The third-order valence-electron chi connectivity index (χ3n) is 3.89. The van der Waals surface area contributed by atoms with Crippen LogP contribution in [0.3, 0.4) is 0 Å². The van der Waals surface area contributed by atoms with Crippen molar-refractivity contribution in [3.8, 4) is 5.75 Å². The van der Waals surface area contributed by atoms with Gasteiger partial charge in [0.1, 0.15) is 11.9 Å². The van der Waals surface area contributed by atoms with E-state index in [1.807, 2.05) is 18.2 Å². The van der Waals surface area contributed by atoms with Crippen LogP contribution in [0, 0.1) is 0 Å². The molecule has 1 aliphatic heterocycles. The molecule has 1 N–H and O–H groups in total. The monoisotopic (exact) mass is 295 g/mol. The van der Waals surface area contributed by atoms with E-state index in [0.717, 1.165) is 36.1 Å². The van der Waals surface area contributed by atoms with Crippen molar-refractivity contribution in [1.29, 1.82) is 0 Å². The molecule has 1 aromatic rings. The molecule has 1 heterocycles. The average Bonchev–Trinajstić information content (AvgIpc) is 2.78. The van der Waals surface area contributed by atoms with Crippen molar-refractivity contribution in [3.05, 3.63) is 29.3 Å². The highest BCUT2D eigenvalue weighted by Crippen LogP contribution is 2.31. The van der Waals surface area contributed by atoms with Gasteiger partial charge in [0.2, 0.25) is 0 Å². The summed E-state index contributed by atoms with van der Waals surface area (Å²) in [7, 11) is -2.94. The van der Waals surface area contributed by atoms with Crippen LogP contribution in [0.2, 0.25) is 0 Å². The third kappa shape index (κ3) is 2.52. The number of oxime groups is 1. The Bertz CT molecular complexity index is 651. The number of hydrogen-bond donors (Lipinski definition) is 1. The Morgan fingerprint density at radius 1 is 1.30 bits per heavy atom. The zero-order valence-electron chi connectivity index (χ0n) is 11.1. The summed E-state index contributed by atoms with van der Waals surface area (Å²) in [5, 5.41) is 12.4. The summed E-state index contributed by atoms with van der Waals surface area (Å²) in [6, 6.07) is 5.64. The second-order valence-electron chi connectivity index (χ2n) is 5.33. The molecular weight excluding hydrogens is 278 g/mol. The van der Waals surface area contributed by atoms with E-state index in [-0.39, 0.29) is 17.6 Å². The number of rotatable bonds is 2. The van der Waals surface area contributed by atoms with Crippen LogP contribution in [-0.4, -0.2) is 36.9 Å². The molecule has 108 valence electrons. The molecule has 3 rings (SSSR count). The number of benzene rings is 1. The van der Waals surface area contributed by atoms with Crippen LogP contribution in [0.1, 0.15) is 30.4 Å². The quantitative estimate of drug-likeness (QED) is 0.666. The van der Waals surface area contributed by atoms with E-state index in [1.165, 1.54) is 0 Å². The molecule has 20 heavy (non-hydrogen) atoms. The van der Waals surface area contributed by atoms with Crippen molar-refractivity contribution >= 4 is 15.5 Å². The van der Waals surface area contributed by atoms with Gasteiger partial charge < -0.3 is 9.94 Å². The van der Waals surface area contributed by atoms with Crippen molar-refractivity contribution in [2.24, 2.45) is 5.16 Å². The van der Waals surface area contributed by atoms with Gasteiger partial charge in [0.05, 0.1) is 17.2 Å².